The first-order chi connectivity index (χ1) is 20.3. The Morgan fingerprint density at radius 3 is 2.69 bits per heavy atom. The summed E-state index contributed by atoms with van der Waals surface area (Å²) < 4.78 is 23.3. The number of carbonyl (C=O) groups excluding carboxylic acids is 2. The van der Waals surface area contributed by atoms with Crippen molar-refractivity contribution in [2.24, 2.45) is 35.3 Å². The Labute approximate surface area is 250 Å². The first-order valence-corrected chi connectivity index (χ1v) is 17.1. The number of ketones is 1. The molecule has 0 radical (unpaired) electrons. The van der Waals surface area contributed by atoms with Crippen LogP contribution in [0.15, 0.2) is 11.8 Å². The van der Waals surface area contributed by atoms with Crippen molar-refractivity contribution in [3.05, 3.63) is 11.8 Å². The molecule has 3 aliphatic heterocycles. The molecule has 7 rings (SSSR count). The minimum Gasteiger partial charge on any atom is -0.369 e. The Hall–Kier alpha value is -1.55. The van der Waals surface area contributed by atoms with Gasteiger partial charge in [-0.1, -0.05) is 19.3 Å². The summed E-state index contributed by atoms with van der Waals surface area (Å²) in [5, 5.41) is 3.02. The van der Waals surface area contributed by atoms with E-state index in [0.717, 1.165) is 57.0 Å². The van der Waals surface area contributed by atoms with Gasteiger partial charge in [0, 0.05) is 37.8 Å². The number of alkyl halides is 1. The summed E-state index contributed by atoms with van der Waals surface area (Å²) in [6.07, 6.45) is 12.0. The number of nitrogens with one attached hydrogen (secondary N) is 1. The molecule has 12 atom stereocenters. The molecule has 4 saturated carbocycles. The number of rotatable bonds is 7. The maximum absolute atomic E-state index is 16.2. The van der Waals surface area contributed by atoms with Crippen LogP contribution in [0.4, 0.5) is 4.39 Å². The Morgan fingerprint density at radius 1 is 1.07 bits per heavy atom. The molecule has 2 saturated heterocycles. The van der Waals surface area contributed by atoms with E-state index in [1.807, 2.05) is 20.3 Å². The summed E-state index contributed by atoms with van der Waals surface area (Å²) >= 11 is 0. The quantitative estimate of drug-likeness (QED) is 0.351. The van der Waals surface area contributed by atoms with Crippen LogP contribution < -0.4 is 11.1 Å². The van der Waals surface area contributed by atoms with Crippen molar-refractivity contribution in [2.75, 3.05) is 40.3 Å². The van der Waals surface area contributed by atoms with Crippen molar-refractivity contribution in [3.63, 3.8) is 0 Å². The number of likely N-dealkylation sites (tertiary alicyclic amines) is 1. The van der Waals surface area contributed by atoms with E-state index in [0.29, 0.717) is 24.9 Å². The van der Waals surface area contributed by atoms with Crippen molar-refractivity contribution in [2.45, 2.75) is 113 Å². The van der Waals surface area contributed by atoms with Gasteiger partial charge in [0.15, 0.2) is 5.78 Å². The molecule has 9 heteroatoms. The van der Waals surface area contributed by atoms with Crippen LogP contribution in [0.1, 0.15) is 70.6 Å². The molecule has 7 aliphatic rings. The smallest absolute Gasteiger partial charge is 0.256 e. The third-order valence-electron chi connectivity index (χ3n) is 12.3. The number of nitrogens with zero attached hydrogens (tertiary/aromatic N) is 3. The molecule has 6 fully saturated rings. The number of hydrogen-bond acceptors (Lipinski definition) is 7. The molecule has 0 spiro atoms. The molecule has 234 valence electrons. The lowest BCUT2D eigenvalue weighted by molar-refractivity contribution is -0.218. The maximum Gasteiger partial charge on any atom is 0.256 e. The summed E-state index contributed by atoms with van der Waals surface area (Å²) in [7, 11) is 4.09. The molecule has 0 bridgehead atoms. The Kier molecular flexibility index (Phi) is 8.16. The highest BCUT2D eigenvalue weighted by molar-refractivity contribution is 6.20. The number of carbonyl (C=O) groups is 2. The van der Waals surface area contributed by atoms with Crippen LogP contribution in [-0.4, -0.2) is 109 Å². The fourth-order valence-electron chi connectivity index (χ4n) is 10.5. The Bertz CT molecular complexity index is 1070. The highest BCUT2D eigenvalue weighted by atomic mass is 19.1. The van der Waals surface area contributed by atoms with Crippen LogP contribution >= 0.6 is 0 Å². The summed E-state index contributed by atoms with van der Waals surface area (Å²) in [5.41, 5.74) is 6.51. The van der Waals surface area contributed by atoms with Crippen LogP contribution in [0.5, 0.6) is 0 Å². The average molecular weight is 586 g/mol. The van der Waals surface area contributed by atoms with E-state index in [-0.39, 0.29) is 60.1 Å². The first-order valence-electron chi connectivity index (χ1n) is 17.1. The Morgan fingerprint density at radius 2 is 1.90 bits per heavy atom. The lowest BCUT2D eigenvalue weighted by Crippen LogP contribution is -2.73. The molecular formula is C33H52FN5O3. The molecular weight excluding hydrogens is 533 g/mol. The normalized spacial score (nSPS) is 44.7. The molecule has 8 nitrogen and oxygen atoms in total. The van der Waals surface area contributed by atoms with Crippen LogP contribution in [0.3, 0.4) is 0 Å². The number of Topliss-reactive ketones (excluding diaryl/α,β-unsaturated/α-hetero) is 1. The fraction of sp³-hybridized carbons (Fsp3) is 0.879. The number of morpholine rings is 1. The minimum atomic E-state index is -1.18. The predicted molar refractivity (Wildman–Crippen MR) is 159 cm³/mol. The highest BCUT2D eigenvalue weighted by Crippen LogP contribution is 2.57. The summed E-state index contributed by atoms with van der Waals surface area (Å²) in [6.45, 7) is 2.95. The van der Waals surface area contributed by atoms with Gasteiger partial charge in [-0.2, -0.15) is 0 Å². The first kappa shape index (κ1) is 29.2. The van der Waals surface area contributed by atoms with Crippen LogP contribution in [-0.2, 0) is 14.3 Å². The maximum atomic E-state index is 16.2. The van der Waals surface area contributed by atoms with Crippen LogP contribution in [0, 0.1) is 29.6 Å². The summed E-state index contributed by atoms with van der Waals surface area (Å²) in [5.74, 6) is 1.96. The zero-order chi connectivity index (χ0) is 29.1. The second-order valence-electron chi connectivity index (χ2n) is 15.0. The van der Waals surface area contributed by atoms with Crippen molar-refractivity contribution in [1.29, 1.82) is 0 Å². The van der Waals surface area contributed by atoms with E-state index in [1.54, 1.807) is 0 Å². The SMILES string of the molecule is CN(C)CCCCNC(=O)C1=CN2C3CC4CC5CCCCC5C4CC3OC3C(N4CCC(N)C4)C(F)CC(C1=O)C32. The van der Waals surface area contributed by atoms with Crippen molar-refractivity contribution < 1.29 is 18.7 Å². The number of hydrogen-bond donors (Lipinski definition) is 2. The van der Waals surface area contributed by atoms with Gasteiger partial charge in [0.05, 0.1) is 35.9 Å². The number of fused-ring (bicyclic) bond motifs is 5. The highest BCUT2D eigenvalue weighted by Gasteiger charge is 2.62. The van der Waals surface area contributed by atoms with Crippen molar-refractivity contribution in [3.8, 4) is 0 Å². The topological polar surface area (TPSA) is 91.1 Å². The van der Waals surface area contributed by atoms with E-state index in [2.05, 4.69) is 20.0 Å². The number of unbranched alkanes of at least 4 members (excludes halogenated alkanes) is 1. The van der Waals surface area contributed by atoms with Gasteiger partial charge < -0.3 is 25.6 Å². The van der Waals surface area contributed by atoms with Gasteiger partial charge >= 0.3 is 0 Å². The summed E-state index contributed by atoms with van der Waals surface area (Å²) in [6, 6.07) is -0.408. The molecule has 4 aliphatic carbocycles. The van der Waals surface area contributed by atoms with Gasteiger partial charge in [0.1, 0.15) is 6.17 Å². The lowest BCUT2D eigenvalue weighted by atomic mass is 9.66. The molecule has 42 heavy (non-hydrogen) atoms. The van der Waals surface area contributed by atoms with Gasteiger partial charge in [-0.3, -0.25) is 14.5 Å². The van der Waals surface area contributed by atoms with E-state index < -0.39 is 12.1 Å². The Balaban J connectivity index is 1.17. The second kappa shape index (κ2) is 11.8. The minimum absolute atomic E-state index is 0.0118. The molecule has 0 aromatic carbocycles. The number of ether oxygens (including phenoxy) is 1. The van der Waals surface area contributed by atoms with Gasteiger partial charge in [0.2, 0.25) is 0 Å². The molecule has 1 amide bonds. The van der Waals surface area contributed by atoms with Crippen LogP contribution in [0.2, 0.25) is 0 Å². The second-order valence-corrected chi connectivity index (χ2v) is 15.0. The number of halogens is 1. The molecule has 0 aromatic heterocycles. The number of nitrogens with two attached hydrogens (primary N) is 1. The largest absolute Gasteiger partial charge is 0.369 e. The summed E-state index contributed by atoms with van der Waals surface area (Å²) in [4.78, 5) is 34.1. The van der Waals surface area contributed by atoms with Crippen molar-refractivity contribution >= 4 is 11.7 Å². The zero-order valence-electron chi connectivity index (χ0n) is 25.6. The van der Waals surface area contributed by atoms with Crippen molar-refractivity contribution in [1.82, 2.24) is 20.0 Å². The third kappa shape index (κ3) is 5.14. The van der Waals surface area contributed by atoms with E-state index in [9.17, 15) is 9.59 Å². The van der Waals surface area contributed by atoms with Gasteiger partial charge in [0.25, 0.3) is 5.91 Å². The molecule has 0 aromatic rings. The molecule has 3 N–H and O–H groups in total. The standard InChI is InChI=1S/C33H52FN5O3/c1-37(2)11-6-5-10-36-33(41)25-18-39-27-14-20-13-19-7-3-4-8-22(19)23(20)16-28(27)42-32-29(39)24(31(25)40)15-26(34)30(32)38-12-9-21(35)17-38/h18-24,26-30,32H,3-17,35H2,1-2H3,(H,36,41). The van der Waals surface area contributed by atoms with Crippen LogP contribution in [0.25, 0.3) is 0 Å². The monoisotopic (exact) mass is 585 g/mol. The zero-order valence-corrected chi connectivity index (χ0v) is 25.6. The fourth-order valence-corrected chi connectivity index (χ4v) is 10.5. The van der Waals surface area contributed by atoms with Gasteiger partial charge in [-0.15, -0.1) is 0 Å². The molecule has 3 heterocycles. The average Bonchev–Trinajstić information content (AvgIpc) is 3.55. The van der Waals surface area contributed by atoms with E-state index >= 15 is 4.39 Å². The van der Waals surface area contributed by atoms with E-state index in [1.165, 1.54) is 32.1 Å². The van der Waals surface area contributed by atoms with Gasteiger partial charge in [-0.25, -0.2) is 4.39 Å². The van der Waals surface area contributed by atoms with E-state index in [4.69, 9.17) is 10.5 Å². The third-order valence-corrected chi connectivity index (χ3v) is 12.3. The number of amides is 1. The lowest BCUT2D eigenvalue weighted by Gasteiger charge is -2.61. The van der Waals surface area contributed by atoms with Gasteiger partial charge in [-0.05, 0) is 95.7 Å². The molecule has 12 unspecified atom stereocenters. The predicted octanol–water partition coefficient (Wildman–Crippen LogP) is 2.71.